The highest BCUT2D eigenvalue weighted by molar-refractivity contribution is 6.00. The molecule has 1 aliphatic rings. The van der Waals surface area contributed by atoms with Crippen molar-refractivity contribution in [3.8, 4) is 11.5 Å². The van der Waals surface area contributed by atoms with Gasteiger partial charge in [0.15, 0.2) is 5.78 Å². The molecule has 0 fully saturated rings. The molecule has 0 aliphatic carbocycles. The molecule has 1 N–H and O–H groups in total. The lowest BCUT2D eigenvalue weighted by Gasteiger charge is -2.19. The third kappa shape index (κ3) is 1.69. The van der Waals surface area contributed by atoms with Crippen molar-refractivity contribution >= 4 is 5.78 Å². The van der Waals surface area contributed by atoms with Gasteiger partial charge in [-0.05, 0) is 17.5 Å². The number of fused-ring (bicyclic) bond motifs is 1. The van der Waals surface area contributed by atoms with Crippen molar-refractivity contribution < 1.29 is 14.6 Å². The summed E-state index contributed by atoms with van der Waals surface area (Å²) in [4.78, 5) is 11.6. The van der Waals surface area contributed by atoms with Crippen LogP contribution in [-0.4, -0.2) is 17.5 Å². The first-order chi connectivity index (χ1) is 7.09. The molecule has 80 valence electrons. The summed E-state index contributed by atoms with van der Waals surface area (Å²) in [5.41, 5.74) is 1.40. The van der Waals surface area contributed by atoms with E-state index in [1.54, 1.807) is 12.1 Å². The monoisotopic (exact) mass is 206 g/mol. The Kier molecular flexibility index (Phi) is 2.39. The van der Waals surface area contributed by atoms with Gasteiger partial charge >= 0.3 is 0 Å². The second-order valence-corrected chi connectivity index (χ2v) is 4.08. The second-order valence-electron chi connectivity index (χ2n) is 4.08. The standard InChI is InChI=1S/C12H14O3/c1-7(2)8-5-9-10(13)3-4-15-12(9)6-11(8)14/h5-7,14H,3-4H2,1-2H3. The summed E-state index contributed by atoms with van der Waals surface area (Å²) in [5.74, 6) is 1.01. The summed E-state index contributed by atoms with van der Waals surface area (Å²) in [6.45, 7) is 4.37. The van der Waals surface area contributed by atoms with Gasteiger partial charge in [-0.1, -0.05) is 13.8 Å². The van der Waals surface area contributed by atoms with Crippen LogP contribution in [0.25, 0.3) is 0 Å². The smallest absolute Gasteiger partial charge is 0.170 e. The zero-order valence-electron chi connectivity index (χ0n) is 8.91. The Morgan fingerprint density at radius 2 is 2.13 bits per heavy atom. The largest absolute Gasteiger partial charge is 0.508 e. The van der Waals surface area contributed by atoms with Crippen molar-refractivity contribution in [2.75, 3.05) is 6.61 Å². The molecule has 1 aromatic carbocycles. The van der Waals surface area contributed by atoms with Crippen LogP contribution in [0.5, 0.6) is 11.5 Å². The zero-order chi connectivity index (χ0) is 11.0. The first-order valence-electron chi connectivity index (χ1n) is 5.12. The molecule has 0 spiro atoms. The van der Waals surface area contributed by atoms with E-state index < -0.39 is 0 Å². The minimum Gasteiger partial charge on any atom is -0.508 e. The molecule has 3 heteroatoms. The van der Waals surface area contributed by atoms with Crippen LogP contribution in [0.4, 0.5) is 0 Å². The van der Waals surface area contributed by atoms with Gasteiger partial charge in [0.1, 0.15) is 11.5 Å². The minimum atomic E-state index is 0.0955. The number of hydrogen-bond acceptors (Lipinski definition) is 3. The number of benzene rings is 1. The third-order valence-electron chi connectivity index (χ3n) is 2.64. The maximum atomic E-state index is 11.6. The van der Waals surface area contributed by atoms with E-state index in [4.69, 9.17) is 4.74 Å². The third-order valence-corrected chi connectivity index (χ3v) is 2.64. The van der Waals surface area contributed by atoms with Gasteiger partial charge in [-0.15, -0.1) is 0 Å². The molecule has 2 rings (SSSR count). The van der Waals surface area contributed by atoms with Gasteiger partial charge < -0.3 is 9.84 Å². The van der Waals surface area contributed by atoms with Gasteiger partial charge in [-0.2, -0.15) is 0 Å². The van der Waals surface area contributed by atoms with Crippen LogP contribution in [0.2, 0.25) is 0 Å². The van der Waals surface area contributed by atoms with Gasteiger partial charge in [0, 0.05) is 12.5 Å². The Bertz CT molecular complexity index is 408. The van der Waals surface area contributed by atoms with E-state index in [1.807, 2.05) is 13.8 Å². The van der Waals surface area contributed by atoms with Crippen LogP contribution in [0, 0.1) is 0 Å². The van der Waals surface area contributed by atoms with Crippen molar-refractivity contribution in [2.45, 2.75) is 26.2 Å². The first kappa shape index (κ1) is 10.0. The van der Waals surface area contributed by atoms with Gasteiger partial charge in [0.2, 0.25) is 0 Å². The summed E-state index contributed by atoms with van der Waals surface area (Å²) < 4.78 is 5.33. The summed E-state index contributed by atoms with van der Waals surface area (Å²) in [6, 6.07) is 3.29. The highest BCUT2D eigenvalue weighted by atomic mass is 16.5. The number of carbonyl (C=O) groups excluding carboxylic acids is 1. The Hall–Kier alpha value is -1.51. The molecule has 0 saturated heterocycles. The highest BCUT2D eigenvalue weighted by Crippen LogP contribution is 2.35. The number of rotatable bonds is 1. The highest BCUT2D eigenvalue weighted by Gasteiger charge is 2.21. The van der Waals surface area contributed by atoms with E-state index >= 15 is 0 Å². The topological polar surface area (TPSA) is 46.5 Å². The molecule has 0 saturated carbocycles. The Morgan fingerprint density at radius 1 is 1.40 bits per heavy atom. The second kappa shape index (κ2) is 3.57. The van der Waals surface area contributed by atoms with Crippen LogP contribution in [0.15, 0.2) is 12.1 Å². The number of carbonyl (C=O) groups is 1. The SMILES string of the molecule is CC(C)c1cc2c(cc1O)OCCC2=O. The van der Waals surface area contributed by atoms with Gasteiger partial charge in [0.25, 0.3) is 0 Å². The van der Waals surface area contributed by atoms with Crippen molar-refractivity contribution in [1.29, 1.82) is 0 Å². The minimum absolute atomic E-state index is 0.0955. The van der Waals surface area contributed by atoms with E-state index in [0.29, 0.717) is 24.3 Å². The van der Waals surface area contributed by atoms with Gasteiger partial charge in [0.05, 0.1) is 12.2 Å². The predicted molar refractivity (Wildman–Crippen MR) is 56.6 cm³/mol. The summed E-state index contributed by atoms with van der Waals surface area (Å²) in [7, 11) is 0. The molecule has 15 heavy (non-hydrogen) atoms. The molecule has 3 nitrogen and oxygen atoms in total. The van der Waals surface area contributed by atoms with Crippen LogP contribution < -0.4 is 4.74 Å². The maximum absolute atomic E-state index is 11.6. The molecule has 0 aromatic heterocycles. The van der Waals surface area contributed by atoms with Crippen LogP contribution >= 0.6 is 0 Å². The number of phenols is 1. The first-order valence-corrected chi connectivity index (χ1v) is 5.12. The van der Waals surface area contributed by atoms with Crippen molar-refractivity contribution in [3.05, 3.63) is 23.3 Å². The quantitative estimate of drug-likeness (QED) is 0.767. The van der Waals surface area contributed by atoms with E-state index in [0.717, 1.165) is 5.56 Å². The summed E-state index contributed by atoms with van der Waals surface area (Å²) >= 11 is 0. The van der Waals surface area contributed by atoms with E-state index in [-0.39, 0.29) is 17.5 Å². The number of aromatic hydroxyl groups is 1. The molecule has 0 radical (unpaired) electrons. The lowest BCUT2D eigenvalue weighted by Crippen LogP contribution is -2.15. The molecule has 1 aliphatic heterocycles. The fraction of sp³-hybridized carbons (Fsp3) is 0.417. The zero-order valence-corrected chi connectivity index (χ0v) is 8.91. The molecule has 1 heterocycles. The molecule has 1 aromatic rings. The lowest BCUT2D eigenvalue weighted by atomic mass is 9.95. The maximum Gasteiger partial charge on any atom is 0.170 e. The Labute approximate surface area is 88.7 Å². The average molecular weight is 206 g/mol. The number of hydrogen-bond donors (Lipinski definition) is 1. The molecule has 0 amide bonds. The molecule has 0 unspecified atom stereocenters. The van der Waals surface area contributed by atoms with Crippen LogP contribution in [-0.2, 0) is 0 Å². The number of ether oxygens (including phenoxy) is 1. The normalized spacial score (nSPS) is 15.0. The Balaban J connectivity index is 2.55. The lowest BCUT2D eigenvalue weighted by molar-refractivity contribution is 0.0933. The number of ketones is 1. The molecular weight excluding hydrogens is 192 g/mol. The van der Waals surface area contributed by atoms with Crippen LogP contribution in [0.1, 0.15) is 42.1 Å². The molecule has 0 bridgehead atoms. The van der Waals surface area contributed by atoms with Gasteiger partial charge in [-0.3, -0.25) is 4.79 Å². The fourth-order valence-corrected chi connectivity index (χ4v) is 1.77. The molecular formula is C12H14O3. The van der Waals surface area contributed by atoms with E-state index in [1.165, 1.54) is 0 Å². The van der Waals surface area contributed by atoms with Crippen molar-refractivity contribution in [3.63, 3.8) is 0 Å². The van der Waals surface area contributed by atoms with Gasteiger partial charge in [-0.25, -0.2) is 0 Å². The van der Waals surface area contributed by atoms with Crippen molar-refractivity contribution in [1.82, 2.24) is 0 Å². The summed E-state index contributed by atoms with van der Waals surface area (Å²) in [5, 5.41) is 9.73. The predicted octanol–water partition coefficient (Wildman–Crippen LogP) is 2.48. The number of Topliss-reactive ketones (excluding diaryl/α,β-unsaturated/α-hetero) is 1. The van der Waals surface area contributed by atoms with Crippen molar-refractivity contribution in [2.24, 2.45) is 0 Å². The summed E-state index contributed by atoms with van der Waals surface area (Å²) in [6.07, 6.45) is 0.426. The average Bonchev–Trinajstić information content (AvgIpc) is 2.16. The Morgan fingerprint density at radius 3 is 2.80 bits per heavy atom. The van der Waals surface area contributed by atoms with E-state index in [2.05, 4.69) is 0 Å². The fourth-order valence-electron chi connectivity index (χ4n) is 1.77. The van der Waals surface area contributed by atoms with E-state index in [9.17, 15) is 9.90 Å². The van der Waals surface area contributed by atoms with Crippen LogP contribution in [0.3, 0.4) is 0 Å². The molecule has 0 atom stereocenters. The number of phenolic OH excluding ortho intramolecular Hbond substituents is 1.